The number of fused-ring (bicyclic) bond motifs is 1. The van der Waals surface area contributed by atoms with Crippen LogP contribution in [0.25, 0.3) is 0 Å². The van der Waals surface area contributed by atoms with Gasteiger partial charge < -0.3 is 14.5 Å². The molecule has 0 N–H and O–H groups in total. The van der Waals surface area contributed by atoms with E-state index in [1.54, 1.807) is 0 Å². The molecule has 0 unspecified atom stereocenters. The summed E-state index contributed by atoms with van der Waals surface area (Å²) in [5, 5.41) is 0. The van der Waals surface area contributed by atoms with Crippen LogP contribution in [0.2, 0.25) is 0 Å². The largest absolute Gasteiger partial charge is 0.363 e. The van der Waals surface area contributed by atoms with E-state index in [-0.39, 0.29) is 24.0 Å². The van der Waals surface area contributed by atoms with Crippen molar-refractivity contribution < 1.29 is 14.3 Å². The number of carbonyl (C=O) groups excluding carboxylic acids is 2. The van der Waals surface area contributed by atoms with Crippen LogP contribution in [0.4, 0.5) is 0 Å². The Bertz CT molecular complexity index is 669. The summed E-state index contributed by atoms with van der Waals surface area (Å²) in [6.45, 7) is 5.05. The SMILES string of the molecule is Cc1ccccc1C(=O)N1CC[C@H]2C[C@H](C(=O)N3CCCC3)O[C@@H]2C1. The van der Waals surface area contributed by atoms with Crippen molar-refractivity contribution in [3.8, 4) is 0 Å². The lowest BCUT2D eigenvalue weighted by molar-refractivity contribution is -0.142. The smallest absolute Gasteiger partial charge is 0.254 e. The highest BCUT2D eigenvalue weighted by atomic mass is 16.5. The first kappa shape index (κ1) is 16.6. The van der Waals surface area contributed by atoms with Gasteiger partial charge in [-0.05, 0) is 50.2 Å². The van der Waals surface area contributed by atoms with Crippen LogP contribution in [0, 0.1) is 12.8 Å². The Morgan fingerprint density at radius 2 is 1.84 bits per heavy atom. The van der Waals surface area contributed by atoms with Crippen LogP contribution in [0.15, 0.2) is 24.3 Å². The maximum Gasteiger partial charge on any atom is 0.254 e. The molecule has 5 nitrogen and oxygen atoms in total. The zero-order chi connectivity index (χ0) is 17.4. The number of carbonyl (C=O) groups is 2. The van der Waals surface area contributed by atoms with Gasteiger partial charge in [0.25, 0.3) is 11.8 Å². The molecule has 1 aromatic rings. The number of benzene rings is 1. The molecule has 4 rings (SSSR count). The molecule has 0 saturated carbocycles. The monoisotopic (exact) mass is 342 g/mol. The summed E-state index contributed by atoms with van der Waals surface area (Å²) >= 11 is 0. The van der Waals surface area contributed by atoms with Crippen molar-refractivity contribution >= 4 is 11.8 Å². The van der Waals surface area contributed by atoms with Crippen LogP contribution < -0.4 is 0 Å². The van der Waals surface area contributed by atoms with E-state index in [9.17, 15) is 9.59 Å². The second kappa shape index (κ2) is 6.79. The van der Waals surface area contributed by atoms with Gasteiger partial charge in [-0.15, -0.1) is 0 Å². The van der Waals surface area contributed by atoms with Crippen molar-refractivity contribution in [1.29, 1.82) is 0 Å². The van der Waals surface area contributed by atoms with Gasteiger partial charge in [-0.1, -0.05) is 18.2 Å². The number of likely N-dealkylation sites (tertiary alicyclic amines) is 2. The number of hydrogen-bond acceptors (Lipinski definition) is 3. The molecule has 3 heterocycles. The number of amides is 2. The Hall–Kier alpha value is -1.88. The fourth-order valence-corrected chi connectivity index (χ4v) is 4.40. The number of rotatable bonds is 2. The van der Waals surface area contributed by atoms with E-state index in [1.807, 2.05) is 41.0 Å². The van der Waals surface area contributed by atoms with Gasteiger partial charge in [0.1, 0.15) is 6.10 Å². The minimum absolute atomic E-state index is 0.00160. The highest BCUT2D eigenvalue weighted by Gasteiger charge is 2.44. The maximum atomic E-state index is 12.8. The van der Waals surface area contributed by atoms with Crippen molar-refractivity contribution in [3.63, 3.8) is 0 Å². The molecule has 0 radical (unpaired) electrons. The van der Waals surface area contributed by atoms with E-state index in [4.69, 9.17) is 4.74 Å². The predicted octanol–water partition coefficient (Wildman–Crippen LogP) is 2.24. The van der Waals surface area contributed by atoms with Gasteiger partial charge in [0.2, 0.25) is 0 Å². The van der Waals surface area contributed by atoms with Gasteiger partial charge in [-0.2, -0.15) is 0 Å². The zero-order valence-electron chi connectivity index (χ0n) is 14.8. The number of ether oxygens (including phenoxy) is 1. The van der Waals surface area contributed by atoms with Crippen LogP contribution >= 0.6 is 0 Å². The summed E-state index contributed by atoms with van der Waals surface area (Å²) in [5.41, 5.74) is 1.77. The van der Waals surface area contributed by atoms with E-state index >= 15 is 0 Å². The standard InChI is InChI=1S/C20H26N2O3/c1-14-6-2-3-7-16(14)19(23)22-11-8-15-12-17(25-18(15)13-22)20(24)21-9-4-5-10-21/h2-3,6-7,15,17-18H,4-5,8-13H2,1H3/t15-,17+,18+/m0/s1. The first-order valence-electron chi connectivity index (χ1n) is 9.42. The molecule has 3 atom stereocenters. The van der Waals surface area contributed by atoms with Crippen molar-refractivity contribution in [2.75, 3.05) is 26.2 Å². The van der Waals surface area contributed by atoms with E-state index in [0.29, 0.717) is 12.5 Å². The Kier molecular flexibility index (Phi) is 4.50. The second-order valence-corrected chi connectivity index (χ2v) is 7.55. The molecule has 3 fully saturated rings. The maximum absolute atomic E-state index is 12.8. The van der Waals surface area contributed by atoms with Crippen molar-refractivity contribution in [1.82, 2.24) is 9.80 Å². The molecule has 2 amide bonds. The number of piperidine rings is 1. The summed E-state index contributed by atoms with van der Waals surface area (Å²) < 4.78 is 6.10. The molecule has 0 bridgehead atoms. The third-order valence-corrected chi connectivity index (χ3v) is 5.91. The lowest BCUT2D eigenvalue weighted by Crippen LogP contribution is -2.45. The fourth-order valence-electron chi connectivity index (χ4n) is 4.40. The fraction of sp³-hybridized carbons (Fsp3) is 0.600. The summed E-state index contributed by atoms with van der Waals surface area (Å²) in [6.07, 6.45) is 3.63. The number of nitrogens with zero attached hydrogens (tertiary/aromatic N) is 2. The van der Waals surface area contributed by atoms with Gasteiger partial charge in [-0.3, -0.25) is 9.59 Å². The molecule has 3 aliphatic rings. The molecule has 3 saturated heterocycles. The molecular formula is C20H26N2O3. The lowest BCUT2D eigenvalue weighted by atomic mass is 9.91. The number of hydrogen-bond donors (Lipinski definition) is 0. The highest BCUT2D eigenvalue weighted by molar-refractivity contribution is 5.95. The van der Waals surface area contributed by atoms with Gasteiger partial charge in [0.05, 0.1) is 6.10 Å². The van der Waals surface area contributed by atoms with Gasteiger partial charge >= 0.3 is 0 Å². The summed E-state index contributed by atoms with van der Waals surface area (Å²) in [4.78, 5) is 29.3. The zero-order valence-corrected chi connectivity index (χ0v) is 14.8. The lowest BCUT2D eigenvalue weighted by Gasteiger charge is -2.34. The molecule has 25 heavy (non-hydrogen) atoms. The van der Waals surface area contributed by atoms with Crippen LogP contribution in [0.1, 0.15) is 41.6 Å². The van der Waals surface area contributed by atoms with Crippen LogP contribution in [-0.2, 0) is 9.53 Å². The molecule has 1 aromatic carbocycles. The highest BCUT2D eigenvalue weighted by Crippen LogP contribution is 2.35. The average Bonchev–Trinajstić information content (AvgIpc) is 3.30. The molecule has 134 valence electrons. The molecule has 3 aliphatic heterocycles. The van der Waals surface area contributed by atoms with E-state index in [0.717, 1.165) is 56.4 Å². The van der Waals surface area contributed by atoms with Gasteiger partial charge in [-0.25, -0.2) is 0 Å². The van der Waals surface area contributed by atoms with E-state index < -0.39 is 0 Å². The summed E-state index contributed by atoms with van der Waals surface area (Å²) in [6, 6.07) is 7.71. The molecule has 0 spiro atoms. The Morgan fingerprint density at radius 3 is 2.60 bits per heavy atom. The topological polar surface area (TPSA) is 49.9 Å². The predicted molar refractivity (Wildman–Crippen MR) is 94.3 cm³/mol. The van der Waals surface area contributed by atoms with E-state index in [1.165, 1.54) is 0 Å². The minimum Gasteiger partial charge on any atom is -0.363 e. The van der Waals surface area contributed by atoms with E-state index in [2.05, 4.69) is 0 Å². The minimum atomic E-state index is -0.304. The molecule has 0 aliphatic carbocycles. The summed E-state index contributed by atoms with van der Waals surface area (Å²) in [7, 11) is 0. The van der Waals surface area contributed by atoms with Gasteiger partial charge in [0, 0.05) is 31.7 Å². The molecule has 0 aromatic heterocycles. The normalized spacial score (nSPS) is 28.9. The van der Waals surface area contributed by atoms with Crippen molar-refractivity contribution in [3.05, 3.63) is 35.4 Å². The third kappa shape index (κ3) is 3.17. The van der Waals surface area contributed by atoms with Crippen LogP contribution in [-0.4, -0.2) is 60.0 Å². The first-order valence-corrected chi connectivity index (χ1v) is 9.42. The van der Waals surface area contributed by atoms with Crippen LogP contribution in [0.3, 0.4) is 0 Å². The third-order valence-electron chi connectivity index (χ3n) is 5.91. The second-order valence-electron chi connectivity index (χ2n) is 7.55. The Balaban J connectivity index is 1.41. The average molecular weight is 342 g/mol. The Labute approximate surface area is 148 Å². The van der Waals surface area contributed by atoms with Gasteiger partial charge in [0.15, 0.2) is 0 Å². The molecule has 5 heteroatoms. The number of aryl methyl sites for hydroxylation is 1. The first-order chi connectivity index (χ1) is 12.1. The van der Waals surface area contributed by atoms with Crippen molar-refractivity contribution in [2.24, 2.45) is 5.92 Å². The van der Waals surface area contributed by atoms with Crippen molar-refractivity contribution in [2.45, 2.75) is 44.8 Å². The summed E-state index contributed by atoms with van der Waals surface area (Å²) in [5.74, 6) is 0.635. The van der Waals surface area contributed by atoms with Crippen LogP contribution in [0.5, 0.6) is 0 Å². The molecular weight excluding hydrogens is 316 g/mol. The Morgan fingerprint density at radius 1 is 1.08 bits per heavy atom. The quantitative estimate of drug-likeness (QED) is 0.828.